The van der Waals surface area contributed by atoms with Crippen LogP contribution in [-0.2, 0) is 6.54 Å². The van der Waals surface area contributed by atoms with Crippen molar-refractivity contribution in [3.63, 3.8) is 0 Å². The molecule has 3 nitrogen and oxygen atoms in total. The summed E-state index contributed by atoms with van der Waals surface area (Å²) < 4.78 is 5.23. The number of benzene rings is 1. The van der Waals surface area contributed by atoms with Crippen LogP contribution in [0, 0.1) is 0 Å². The van der Waals surface area contributed by atoms with E-state index in [0.717, 1.165) is 31.8 Å². The van der Waals surface area contributed by atoms with Gasteiger partial charge in [-0.05, 0) is 50.7 Å². The molecule has 0 bridgehead atoms. The molecule has 1 aromatic rings. The van der Waals surface area contributed by atoms with E-state index < -0.39 is 0 Å². The smallest absolute Gasteiger partial charge is 0.119 e. The van der Waals surface area contributed by atoms with E-state index in [9.17, 15) is 0 Å². The van der Waals surface area contributed by atoms with Crippen LogP contribution >= 0.6 is 0 Å². The summed E-state index contributed by atoms with van der Waals surface area (Å²) in [5.41, 5.74) is 6.78. The molecule has 2 N–H and O–H groups in total. The van der Waals surface area contributed by atoms with Crippen LogP contribution in [0.5, 0.6) is 5.75 Å². The molecule has 0 saturated heterocycles. The number of hydrogen-bond acceptors (Lipinski definition) is 3. The van der Waals surface area contributed by atoms with Crippen molar-refractivity contribution in [2.45, 2.75) is 32.2 Å². The van der Waals surface area contributed by atoms with Crippen molar-refractivity contribution in [1.82, 2.24) is 4.90 Å². The molecule has 1 aromatic carbocycles. The van der Waals surface area contributed by atoms with Crippen molar-refractivity contribution in [1.29, 1.82) is 0 Å². The molecule has 0 unspecified atom stereocenters. The maximum Gasteiger partial charge on any atom is 0.119 e. The van der Waals surface area contributed by atoms with Crippen LogP contribution < -0.4 is 10.5 Å². The Balaban J connectivity index is 2.24. The first-order valence-electron chi connectivity index (χ1n) is 6.78. The monoisotopic (exact) mass is 250 g/mol. The topological polar surface area (TPSA) is 38.5 Å². The molecule has 0 aliphatic heterocycles. The number of ether oxygens (including phenoxy) is 1. The van der Waals surface area contributed by atoms with E-state index in [1.165, 1.54) is 24.8 Å². The summed E-state index contributed by atoms with van der Waals surface area (Å²) in [5, 5.41) is 0. The molecule has 0 spiro atoms. The average molecular weight is 250 g/mol. The van der Waals surface area contributed by atoms with Crippen LogP contribution in [0.25, 0.3) is 0 Å². The van der Waals surface area contributed by atoms with Gasteiger partial charge in [0.25, 0.3) is 0 Å². The van der Waals surface area contributed by atoms with Crippen LogP contribution in [0.15, 0.2) is 24.3 Å². The predicted molar refractivity (Wildman–Crippen MR) is 76.9 cm³/mol. The second kappa shape index (κ2) is 8.95. The molecule has 102 valence electrons. The third-order valence-corrected chi connectivity index (χ3v) is 3.08. The number of nitrogens with two attached hydrogens (primary N) is 1. The zero-order valence-electron chi connectivity index (χ0n) is 11.7. The maximum absolute atomic E-state index is 5.48. The van der Waals surface area contributed by atoms with E-state index in [-0.39, 0.29) is 0 Å². The zero-order valence-corrected chi connectivity index (χ0v) is 11.7. The second-order valence-corrected chi connectivity index (χ2v) is 4.79. The van der Waals surface area contributed by atoms with Crippen molar-refractivity contribution in [2.24, 2.45) is 5.73 Å². The van der Waals surface area contributed by atoms with Crippen LogP contribution in [0.4, 0.5) is 0 Å². The normalized spacial score (nSPS) is 10.9. The van der Waals surface area contributed by atoms with Gasteiger partial charge in [0.2, 0.25) is 0 Å². The van der Waals surface area contributed by atoms with Crippen LogP contribution in [0.3, 0.4) is 0 Å². The van der Waals surface area contributed by atoms with E-state index in [2.05, 4.69) is 24.1 Å². The molecule has 3 heteroatoms. The number of methoxy groups -OCH3 is 1. The number of rotatable bonds is 9. The SMILES string of the molecule is COc1cccc(CN(C)CCCCCCN)c1. The fraction of sp³-hybridized carbons (Fsp3) is 0.600. The Kier molecular flexibility index (Phi) is 7.46. The van der Waals surface area contributed by atoms with E-state index >= 15 is 0 Å². The highest BCUT2D eigenvalue weighted by Gasteiger charge is 2.01. The van der Waals surface area contributed by atoms with Gasteiger partial charge in [0.1, 0.15) is 5.75 Å². The highest BCUT2D eigenvalue weighted by molar-refractivity contribution is 5.28. The Morgan fingerprint density at radius 1 is 1.17 bits per heavy atom. The summed E-state index contributed by atoms with van der Waals surface area (Å²) in [7, 11) is 3.88. The molecule has 0 aliphatic rings. The molecule has 0 aliphatic carbocycles. The molecular formula is C15H26N2O. The first-order chi connectivity index (χ1) is 8.76. The van der Waals surface area contributed by atoms with Gasteiger partial charge in [0.15, 0.2) is 0 Å². The Morgan fingerprint density at radius 3 is 2.67 bits per heavy atom. The van der Waals surface area contributed by atoms with Crippen molar-refractivity contribution < 1.29 is 4.74 Å². The molecule has 0 heterocycles. The van der Waals surface area contributed by atoms with Gasteiger partial charge in [-0.1, -0.05) is 25.0 Å². The lowest BCUT2D eigenvalue weighted by Gasteiger charge is -2.17. The first-order valence-corrected chi connectivity index (χ1v) is 6.78. The zero-order chi connectivity index (χ0) is 13.2. The number of hydrogen-bond donors (Lipinski definition) is 1. The highest BCUT2D eigenvalue weighted by Crippen LogP contribution is 2.14. The summed E-state index contributed by atoms with van der Waals surface area (Å²) in [6, 6.07) is 8.28. The summed E-state index contributed by atoms with van der Waals surface area (Å²) in [5.74, 6) is 0.934. The molecule has 0 saturated carbocycles. The molecule has 0 radical (unpaired) electrons. The second-order valence-electron chi connectivity index (χ2n) is 4.79. The summed E-state index contributed by atoms with van der Waals surface area (Å²) in [6.45, 7) is 2.94. The maximum atomic E-state index is 5.48. The van der Waals surface area contributed by atoms with Crippen LogP contribution in [-0.4, -0.2) is 32.1 Å². The predicted octanol–water partition coefficient (Wildman–Crippen LogP) is 2.65. The van der Waals surface area contributed by atoms with Gasteiger partial charge in [-0.2, -0.15) is 0 Å². The number of unbranched alkanes of at least 4 members (excludes halogenated alkanes) is 3. The molecule has 1 rings (SSSR count). The molecular weight excluding hydrogens is 224 g/mol. The largest absolute Gasteiger partial charge is 0.497 e. The van der Waals surface area contributed by atoms with Crippen LogP contribution in [0.1, 0.15) is 31.2 Å². The van der Waals surface area contributed by atoms with Crippen molar-refractivity contribution >= 4 is 0 Å². The first kappa shape index (κ1) is 15.0. The van der Waals surface area contributed by atoms with Gasteiger partial charge in [-0.25, -0.2) is 0 Å². The van der Waals surface area contributed by atoms with Crippen LogP contribution in [0.2, 0.25) is 0 Å². The van der Waals surface area contributed by atoms with E-state index in [4.69, 9.17) is 10.5 Å². The molecule has 0 atom stereocenters. The third kappa shape index (κ3) is 6.03. The standard InChI is InChI=1S/C15H26N2O/c1-17(11-6-4-3-5-10-16)13-14-8-7-9-15(12-14)18-2/h7-9,12H,3-6,10-11,13,16H2,1-2H3. The summed E-state index contributed by atoms with van der Waals surface area (Å²) in [6.07, 6.45) is 4.93. The van der Waals surface area contributed by atoms with Gasteiger partial charge in [0.05, 0.1) is 7.11 Å². The Hall–Kier alpha value is -1.06. The Morgan fingerprint density at radius 2 is 1.94 bits per heavy atom. The van der Waals surface area contributed by atoms with Gasteiger partial charge in [-0.15, -0.1) is 0 Å². The van der Waals surface area contributed by atoms with Gasteiger partial charge in [-0.3, -0.25) is 0 Å². The minimum Gasteiger partial charge on any atom is -0.497 e. The molecule has 18 heavy (non-hydrogen) atoms. The van der Waals surface area contributed by atoms with E-state index in [0.29, 0.717) is 0 Å². The fourth-order valence-corrected chi connectivity index (χ4v) is 2.04. The minimum absolute atomic E-state index is 0.819. The molecule has 0 aromatic heterocycles. The summed E-state index contributed by atoms with van der Waals surface area (Å²) >= 11 is 0. The third-order valence-electron chi connectivity index (χ3n) is 3.08. The van der Waals surface area contributed by atoms with E-state index in [1.54, 1.807) is 7.11 Å². The van der Waals surface area contributed by atoms with Crippen molar-refractivity contribution in [3.8, 4) is 5.75 Å². The van der Waals surface area contributed by atoms with Gasteiger partial charge >= 0.3 is 0 Å². The average Bonchev–Trinajstić information content (AvgIpc) is 2.38. The lowest BCUT2D eigenvalue weighted by molar-refractivity contribution is 0.316. The Labute approximate surface area is 111 Å². The summed E-state index contributed by atoms with van der Waals surface area (Å²) in [4.78, 5) is 2.36. The van der Waals surface area contributed by atoms with E-state index in [1.807, 2.05) is 12.1 Å². The Bertz CT molecular complexity index is 328. The van der Waals surface area contributed by atoms with Crippen molar-refractivity contribution in [3.05, 3.63) is 29.8 Å². The van der Waals surface area contributed by atoms with Gasteiger partial charge < -0.3 is 15.4 Å². The van der Waals surface area contributed by atoms with Gasteiger partial charge in [0, 0.05) is 6.54 Å². The number of nitrogens with zero attached hydrogens (tertiary/aromatic N) is 1. The lowest BCUT2D eigenvalue weighted by atomic mass is 10.1. The van der Waals surface area contributed by atoms with Crippen molar-refractivity contribution in [2.75, 3.05) is 27.2 Å². The lowest BCUT2D eigenvalue weighted by Crippen LogP contribution is -2.19. The quantitative estimate of drug-likeness (QED) is 0.685. The minimum atomic E-state index is 0.819. The molecule has 0 amide bonds. The molecule has 0 fully saturated rings. The highest BCUT2D eigenvalue weighted by atomic mass is 16.5. The fourth-order valence-electron chi connectivity index (χ4n) is 2.04.